The van der Waals surface area contributed by atoms with Crippen LogP contribution in [0.1, 0.15) is 48.9 Å². The van der Waals surface area contributed by atoms with Crippen molar-refractivity contribution in [1.82, 2.24) is 0 Å². The van der Waals surface area contributed by atoms with Gasteiger partial charge in [-0.25, -0.2) is 4.39 Å². The molecule has 0 radical (unpaired) electrons. The van der Waals surface area contributed by atoms with Gasteiger partial charge in [-0.05, 0) is 60.9 Å². The van der Waals surface area contributed by atoms with Crippen LogP contribution in [0.4, 0.5) is 4.39 Å². The molecule has 2 rings (SSSR count). The van der Waals surface area contributed by atoms with E-state index in [0.717, 1.165) is 16.7 Å². The summed E-state index contributed by atoms with van der Waals surface area (Å²) in [5.74, 6) is 1.09. The minimum atomic E-state index is -0.157. The van der Waals surface area contributed by atoms with Crippen molar-refractivity contribution in [3.8, 4) is 0 Å². The fourth-order valence-corrected chi connectivity index (χ4v) is 3.37. The van der Waals surface area contributed by atoms with Crippen LogP contribution in [0.5, 0.6) is 0 Å². The molecule has 0 heterocycles. The van der Waals surface area contributed by atoms with Gasteiger partial charge in [0.05, 0.1) is 0 Å². The summed E-state index contributed by atoms with van der Waals surface area (Å²) in [4.78, 5) is 0. The highest BCUT2D eigenvalue weighted by Gasteiger charge is 2.31. The van der Waals surface area contributed by atoms with Crippen LogP contribution < -0.4 is 5.73 Å². The van der Waals surface area contributed by atoms with E-state index < -0.39 is 0 Å². The average molecular weight is 235 g/mol. The molecular weight excluding hydrogens is 213 g/mol. The van der Waals surface area contributed by atoms with Gasteiger partial charge < -0.3 is 5.73 Å². The number of hydrogen-bond acceptors (Lipinski definition) is 1. The largest absolute Gasteiger partial charge is 0.324 e. The van der Waals surface area contributed by atoms with Crippen LogP contribution >= 0.6 is 0 Å². The molecule has 0 amide bonds. The van der Waals surface area contributed by atoms with Gasteiger partial charge in [-0.15, -0.1) is 0 Å². The van der Waals surface area contributed by atoms with Gasteiger partial charge in [0.15, 0.2) is 0 Å². The minimum absolute atomic E-state index is 0.0631. The molecule has 1 aromatic rings. The number of halogens is 1. The van der Waals surface area contributed by atoms with E-state index in [1.165, 1.54) is 19.3 Å². The summed E-state index contributed by atoms with van der Waals surface area (Å²) < 4.78 is 13.3. The van der Waals surface area contributed by atoms with Gasteiger partial charge in [0.25, 0.3) is 0 Å². The summed E-state index contributed by atoms with van der Waals surface area (Å²) >= 11 is 0. The lowest BCUT2D eigenvalue weighted by atomic mass is 9.83. The molecule has 1 saturated carbocycles. The zero-order chi connectivity index (χ0) is 12.6. The monoisotopic (exact) mass is 235 g/mol. The second kappa shape index (κ2) is 4.77. The lowest BCUT2D eigenvalue weighted by Crippen LogP contribution is -2.25. The summed E-state index contributed by atoms with van der Waals surface area (Å²) in [6, 6.07) is 3.26. The predicted molar refractivity (Wildman–Crippen MR) is 69.3 cm³/mol. The molecule has 1 aromatic carbocycles. The van der Waals surface area contributed by atoms with Crippen LogP contribution in [-0.2, 0) is 0 Å². The zero-order valence-corrected chi connectivity index (χ0v) is 11.0. The first kappa shape index (κ1) is 12.6. The Balaban J connectivity index is 2.33. The third-order valence-corrected chi connectivity index (χ3v) is 4.28. The molecule has 0 aliphatic heterocycles. The van der Waals surface area contributed by atoms with E-state index in [-0.39, 0.29) is 11.9 Å². The Labute approximate surface area is 103 Å². The van der Waals surface area contributed by atoms with Crippen molar-refractivity contribution in [3.63, 3.8) is 0 Å². The van der Waals surface area contributed by atoms with Crippen LogP contribution in [0.2, 0.25) is 0 Å². The van der Waals surface area contributed by atoms with Gasteiger partial charge in [-0.1, -0.05) is 19.8 Å². The molecule has 1 nitrogen and oxygen atoms in total. The van der Waals surface area contributed by atoms with Gasteiger partial charge in [-0.3, -0.25) is 0 Å². The highest BCUT2D eigenvalue weighted by Crippen LogP contribution is 2.40. The van der Waals surface area contributed by atoms with Crippen molar-refractivity contribution in [3.05, 3.63) is 34.6 Å². The quantitative estimate of drug-likeness (QED) is 0.827. The van der Waals surface area contributed by atoms with Crippen LogP contribution in [0.15, 0.2) is 12.1 Å². The average Bonchev–Trinajstić information content (AvgIpc) is 2.62. The molecule has 0 aromatic heterocycles. The van der Waals surface area contributed by atoms with Crippen LogP contribution in [0.3, 0.4) is 0 Å². The minimum Gasteiger partial charge on any atom is -0.324 e. The second-order valence-corrected chi connectivity index (χ2v) is 5.55. The SMILES string of the molecule is Cc1cc(F)cc(C)c1C(N)C1CCCC1C. The fraction of sp³-hybridized carbons (Fsp3) is 0.600. The molecule has 3 unspecified atom stereocenters. The van der Waals surface area contributed by atoms with E-state index in [9.17, 15) is 4.39 Å². The number of benzene rings is 1. The molecule has 0 saturated heterocycles. The van der Waals surface area contributed by atoms with E-state index >= 15 is 0 Å². The third-order valence-electron chi connectivity index (χ3n) is 4.28. The number of hydrogen-bond donors (Lipinski definition) is 1. The lowest BCUT2D eigenvalue weighted by molar-refractivity contribution is 0.349. The van der Waals surface area contributed by atoms with E-state index in [1.54, 1.807) is 12.1 Å². The lowest BCUT2D eigenvalue weighted by Gasteiger charge is -2.26. The van der Waals surface area contributed by atoms with Gasteiger partial charge >= 0.3 is 0 Å². The summed E-state index contributed by atoms with van der Waals surface area (Å²) in [5.41, 5.74) is 9.57. The first-order valence-corrected chi connectivity index (χ1v) is 6.53. The van der Waals surface area contributed by atoms with Crippen LogP contribution in [0.25, 0.3) is 0 Å². The topological polar surface area (TPSA) is 26.0 Å². The predicted octanol–water partition coefficient (Wildman–Crippen LogP) is 3.88. The Hall–Kier alpha value is -0.890. The smallest absolute Gasteiger partial charge is 0.123 e. The molecule has 1 fully saturated rings. The molecule has 1 aliphatic carbocycles. The Morgan fingerprint density at radius 1 is 1.24 bits per heavy atom. The number of aryl methyl sites for hydroxylation is 2. The first-order chi connectivity index (χ1) is 8.00. The maximum Gasteiger partial charge on any atom is 0.123 e. The summed E-state index contributed by atoms with van der Waals surface area (Å²) in [6.45, 7) is 6.21. The second-order valence-electron chi connectivity index (χ2n) is 5.55. The highest BCUT2D eigenvalue weighted by molar-refractivity contribution is 5.37. The van der Waals surface area contributed by atoms with Crippen LogP contribution in [-0.4, -0.2) is 0 Å². The van der Waals surface area contributed by atoms with Crippen molar-refractivity contribution < 1.29 is 4.39 Å². The number of rotatable bonds is 2. The molecular formula is C15H22FN. The van der Waals surface area contributed by atoms with Crippen molar-refractivity contribution >= 4 is 0 Å². The van der Waals surface area contributed by atoms with Crippen LogP contribution in [0, 0.1) is 31.5 Å². The Morgan fingerprint density at radius 3 is 2.29 bits per heavy atom. The maximum atomic E-state index is 13.3. The third kappa shape index (κ3) is 2.37. The molecule has 0 spiro atoms. The van der Waals surface area contributed by atoms with Gasteiger partial charge in [0, 0.05) is 6.04 Å². The van der Waals surface area contributed by atoms with Gasteiger partial charge in [0.2, 0.25) is 0 Å². The first-order valence-electron chi connectivity index (χ1n) is 6.53. The Kier molecular flexibility index (Phi) is 3.53. The molecule has 2 heteroatoms. The van der Waals surface area contributed by atoms with Gasteiger partial charge in [0.1, 0.15) is 5.82 Å². The molecule has 1 aliphatic rings. The Bertz CT molecular complexity index is 390. The maximum absolute atomic E-state index is 13.3. The van der Waals surface area contributed by atoms with E-state index in [4.69, 9.17) is 5.73 Å². The van der Waals surface area contributed by atoms with E-state index in [0.29, 0.717) is 11.8 Å². The summed E-state index contributed by atoms with van der Waals surface area (Å²) in [5, 5.41) is 0. The molecule has 3 atom stereocenters. The molecule has 94 valence electrons. The zero-order valence-electron chi connectivity index (χ0n) is 11.0. The van der Waals surface area contributed by atoms with Gasteiger partial charge in [-0.2, -0.15) is 0 Å². The summed E-state index contributed by atoms with van der Waals surface area (Å²) in [7, 11) is 0. The summed E-state index contributed by atoms with van der Waals surface area (Å²) in [6.07, 6.45) is 3.76. The number of nitrogens with two attached hydrogens (primary N) is 1. The molecule has 2 N–H and O–H groups in total. The molecule has 0 bridgehead atoms. The molecule has 17 heavy (non-hydrogen) atoms. The van der Waals surface area contributed by atoms with E-state index in [1.807, 2.05) is 13.8 Å². The van der Waals surface area contributed by atoms with Crippen molar-refractivity contribution in [1.29, 1.82) is 0 Å². The Morgan fingerprint density at radius 2 is 1.82 bits per heavy atom. The highest BCUT2D eigenvalue weighted by atomic mass is 19.1. The van der Waals surface area contributed by atoms with Crippen molar-refractivity contribution in [2.24, 2.45) is 17.6 Å². The van der Waals surface area contributed by atoms with Crippen molar-refractivity contribution in [2.75, 3.05) is 0 Å². The standard InChI is InChI=1S/C15H22FN/c1-9-5-4-6-13(9)15(17)14-10(2)7-12(16)8-11(14)3/h7-9,13,15H,4-6,17H2,1-3H3. The van der Waals surface area contributed by atoms with Crippen molar-refractivity contribution in [2.45, 2.75) is 46.1 Å². The normalized spacial score (nSPS) is 26.2. The van der Waals surface area contributed by atoms with E-state index in [2.05, 4.69) is 6.92 Å². The fourth-order valence-electron chi connectivity index (χ4n) is 3.37.